The molecule has 1 aromatic heterocycles. The number of nitrogens with zero attached hydrogens (tertiary/aromatic N) is 2. The van der Waals surface area contributed by atoms with Crippen LogP contribution in [0.2, 0.25) is 0 Å². The van der Waals surface area contributed by atoms with Crippen molar-refractivity contribution in [3.63, 3.8) is 0 Å². The van der Waals surface area contributed by atoms with Crippen molar-refractivity contribution < 1.29 is 0 Å². The van der Waals surface area contributed by atoms with Crippen LogP contribution >= 0.6 is 11.8 Å². The summed E-state index contributed by atoms with van der Waals surface area (Å²) in [7, 11) is 0. The van der Waals surface area contributed by atoms with Crippen molar-refractivity contribution in [3.8, 4) is 0 Å². The lowest BCUT2D eigenvalue weighted by Gasteiger charge is -2.40. The van der Waals surface area contributed by atoms with Crippen LogP contribution in [0.5, 0.6) is 0 Å². The highest BCUT2D eigenvalue weighted by atomic mass is 32.2. The number of thioether (sulfide) groups is 1. The number of rotatable bonds is 8. The van der Waals surface area contributed by atoms with Crippen molar-refractivity contribution in [1.82, 2.24) is 9.97 Å². The molecule has 4 nitrogen and oxygen atoms in total. The molecule has 1 heterocycles. The van der Waals surface area contributed by atoms with Gasteiger partial charge in [-0.05, 0) is 39.4 Å². The molecule has 118 valence electrons. The van der Waals surface area contributed by atoms with Gasteiger partial charge in [0, 0.05) is 29.8 Å². The first-order valence-corrected chi connectivity index (χ1v) is 9.27. The Morgan fingerprint density at radius 1 is 1.14 bits per heavy atom. The van der Waals surface area contributed by atoms with Gasteiger partial charge in [-0.25, -0.2) is 9.97 Å². The zero-order chi connectivity index (χ0) is 15.3. The van der Waals surface area contributed by atoms with Crippen LogP contribution in [-0.4, -0.2) is 34.1 Å². The van der Waals surface area contributed by atoms with Crippen LogP contribution in [0.15, 0.2) is 0 Å². The van der Waals surface area contributed by atoms with Gasteiger partial charge in [-0.2, -0.15) is 11.8 Å². The molecule has 0 spiro atoms. The van der Waals surface area contributed by atoms with Crippen LogP contribution in [0, 0.1) is 6.92 Å². The molecular weight excluding hydrogens is 280 g/mol. The van der Waals surface area contributed by atoms with E-state index in [4.69, 9.17) is 4.98 Å². The summed E-state index contributed by atoms with van der Waals surface area (Å²) in [5.74, 6) is 2.92. The number of anilines is 2. The lowest BCUT2D eigenvalue weighted by molar-refractivity contribution is 0.379. The van der Waals surface area contributed by atoms with Gasteiger partial charge in [0.05, 0.1) is 0 Å². The maximum atomic E-state index is 4.73. The molecule has 0 atom stereocenters. The first kappa shape index (κ1) is 16.4. The third-order valence-electron chi connectivity index (χ3n) is 4.29. The second-order valence-electron chi connectivity index (χ2n) is 5.84. The van der Waals surface area contributed by atoms with Gasteiger partial charge in [0.25, 0.3) is 0 Å². The van der Waals surface area contributed by atoms with E-state index >= 15 is 0 Å². The van der Waals surface area contributed by atoms with Crippen molar-refractivity contribution in [2.75, 3.05) is 30.0 Å². The van der Waals surface area contributed by atoms with Crippen molar-refractivity contribution in [1.29, 1.82) is 0 Å². The van der Waals surface area contributed by atoms with E-state index in [-0.39, 0.29) is 0 Å². The zero-order valence-electron chi connectivity index (χ0n) is 13.8. The average molecular weight is 308 g/mol. The van der Waals surface area contributed by atoms with Crippen LogP contribution in [0.4, 0.5) is 11.6 Å². The van der Waals surface area contributed by atoms with Crippen molar-refractivity contribution in [2.24, 2.45) is 0 Å². The van der Waals surface area contributed by atoms with E-state index in [1.807, 2.05) is 11.8 Å². The van der Waals surface area contributed by atoms with E-state index in [2.05, 4.69) is 42.6 Å². The van der Waals surface area contributed by atoms with Gasteiger partial charge in [0.2, 0.25) is 0 Å². The lowest BCUT2D eigenvalue weighted by Crippen LogP contribution is -2.40. The van der Waals surface area contributed by atoms with Gasteiger partial charge < -0.3 is 10.6 Å². The summed E-state index contributed by atoms with van der Waals surface area (Å²) in [4.78, 5) is 9.37. The van der Waals surface area contributed by atoms with Gasteiger partial charge >= 0.3 is 0 Å². The van der Waals surface area contributed by atoms with Crippen molar-refractivity contribution in [2.45, 2.75) is 57.6 Å². The summed E-state index contributed by atoms with van der Waals surface area (Å²) in [5.41, 5.74) is 1.13. The van der Waals surface area contributed by atoms with Crippen molar-refractivity contribution >= 4 is 23.4 Å². The minimum Gasteiger partial charge on any atom is -0.370 e. The Kier molecular flexibility index (Phi) is 5.73. The Morgan fingerprint density at radius 2 is 1.81 bits per heavy atom. The van der Waals surface area contributed by atoms with E-state index < -0.39 is 0 Å². The maximum Gasteiger partial charge on any atom is 0.134 e. The van der Waals surface area contributed by atoms with Crippen LogP contribution in [-0.2, 0) is 6.42 Å². The summed E-state index contributed by atoms with van der Waals surface area (Å²) in [5, 5.41) is 6.95. The molecule has 1 saturated carbocycles. The monoisotopic (exact) mass is 308 g/mol. The smallest absolute Gasteiger partial charge is 0.134 e. The highest BCUT2D eigenvalue weighted by molar-refractivity contribution is 8.00. The number of aryl methyl sites for hydroxylation is 1. The lowest BCUT2D eigenvalue weighted by atomic mass is 9.84. The number of hydrogen-bond acceptors (Lipinski definition) is 5. The molecule has 0 bridgehead atoms. The predicted molar refractivity (Wildman–Crippen MR) is 93.5 cm³/mol. The quantitative estimate of drug-likeness (QED) is 0.763. The van der Waals surface area contributed by atoms with Crippen LogP contribution in [0.3, 0.4) is 0 Å². The third-order valence-corrected chi connectivity index (χ3v) is 5.70. The molecule has 2 N–H and O–H groups in total. The highest BCUT2D eigenvalue weighted by Crippen LogP contribution is 2.42. The highest BCUT2D eigenvalue weighted by Gasteiger charge is 2.36. The SMILES string of the molecule is CCCc1nc(NCC)c(C)c(NCC2(SC)CCC2)n1. The Morgan fingerprint density at radius 3 is 2.29 bits per heavy atom. The molecule has 1 fully saturated rings. The topological polar surface area (TPSA) is 49.8 Å². The molecule has 0 radical (unpaired) electrons. The van der Waals surface area contributed by atoms with E-state index in [9.17, 15) is 0 Å². The molecule has 1 aliphatic rings. The molecule has 2 rings (SSSR count). The fourth-order valence-electron chi connectivity index (χ4n) is 2.68. The van der Waals surface area contributed by atoms with Crippen LogP contribution in [0.25, 0.3) is 0 Å². The van der Waals surface area contributed by atoms with E-state index in [0.717, 1.165) is 49.0 Å². The Bertz CT molecular complexity index is 466. The fourth-order valence-corrected chi connectivity index (χ4v) is 3.59. The largest absolute Gasteiger partial charge is 0.370 e. The van der Waals surface area contributed by atoms with Crippen LogP contribution < -0.4 is 10.6 Å². The summed E-state index contributed by atoms with van der Waals surface area (Å²) in [6.45, 7) is 8.26. The third kappa shape index (κ3) is 3.82. The normalized spacial score (nSPS) is 16.4. The summed E-state index contributed by atoms with van der Waals surface area (Å²) >= 11 is 1.99. The molecule has 0 aliphatic heterocycles. The summed E-state index contributed by atoms with van der Waals surface area (Å²) in [6.07, 6.45) is 8.21. The van der Waals surface area contributed by atoms with Crippen molar-refractivity contribution in [3.05, 3.63) is 11.4 Å². The standard InChI is InChI=1S/C16H28N4S/c1-5-8-13-19-14(17-6-2)12(3)15(20-13)18-11-16(21-4)9-7-10-16/h5-11H2,1-4H3,(H2,17,18,19,20). The molecule has 0 aromatic carbocycles. The Balaban J connectivity index is 2.16. The Hall–Kier alpha value is -0.970. The number of aromatic nitrogens is 2. The first-order chi connectivity index (χ1) is 10.1. The second-order valence-corrected chi connectivity index (χ2v) is 7.11. The van der Waals surface area contributed by atoms with E-state index in [0.29, 0.717) is 4.75 Å². The van der Waals surface area contributed by atoms with Gasteiger partial charge in [-0.15, -0.1) is 0 Å². The van der Waals surface area contributed by atoms with E-state index in [1.54, 1.807) is 0 Å². The van der Waals surface area contributed by atoms with Gasteiger partial charge in [0.15, 0.2) is 0 Å². The molecule has 1 aliphatic carbocycles. The van der Waals surface area contributed by atoms with Crippen LogP contribution in [0.1, 0.15) is 50.9 Å². The average Bonchev–Trinajstić information content (AvgIpc) is 2.43. The zero-order valence-corrected chi connectivity index (χ0v) is 14.6. The predicted octanol–water partition coefficient (Wildman–Crippen LogP) is 3.87. The van der Waals surface area contributed by atoms with Gasteiger partial charge in [0.1, 0.15) is 17.5 Å². The second kappa shape index (κ2) is 7.34. The minimum atomic E-state index is 0.417. The summed E-state index contributed by atoms with van der Waals surface area (Å²) in [6, 6.07) is 0. The Labute approximate surface area is 132 Å². The summed E-state index contributed by atoms with van der Waals surface area (Å²) < 4.78 is 0.417. The molecule has 0 unspecified atom stereocenters. The maximum absolute atomic E-state index is 4.73. The molecule has 1 aromatic rings. The number of nitrogens with one attached hydrogen (secondary N) is 2. The molecule has 21 heavy (non-hydrogen) atoms. The van der Waals surface area contributed by atoms with Gasteiger partial charge in [-0.1, -0.05) is 13.3 Å². The fraction of sp³-hybridized carbons (Fsp3) is 0.750. The molecule has 5 heteroatoms. The first-order valence-electron chi connectivity index (χ1n) is 8.04. The molecular formula is C16H28N4S. The molecule has 0 saturated heterocycles. The number of hydrogen-bond donors (Lipinski definition) is 2. The minimum absolute atomic E-state index is 0.417. The van der Waals surface area contributed by atoms with E-state index in [1.165, 1.54) is 19.3 Å². The molecule has 0 amide bonds. The van der Waals surface area contributed by atoms with Gasteiger partial charge in [-0.3, -0.25) is 0 Å².